The lowest BCUT2D eigenvalue weighted by atomic mass is 10.1. The molecule has 1 heterocycles. The second-order valence-corrected chi connectivity index (χ2v) is 4.43. The van der Waals surface area contributed by atoms with Crippen LogP contribution >= 0.6 is 12.2 Å². The van der Waals surface area contributed by atoms with Crippen LogP contribution in [0.15, 0.2) is 47.1 Å². The summed E-state index contributed by atoms with van der Waals surface area (Å²) in [6, 6.07) is 10.00. The Morgan fingerprint density at radius 1 is 1.20 bits per heavy atom. The van der Waals surface area contributed by atoms with Crippen molar-refractivity contribution < 1.29 is 14.0 Å². The summed E-state index contributed by atoms with van der Waals surface area (Å²) in [4.78, 5) is 23.0. The highest BCUT2D eigenvalue weighted by molar-refractivity contribution is 7.80. The predicted octanol–water partition coefficient (Wildman–Crippen LogP) is 2.61. The Bertz CT molecular complexity index is 650. The number of Topliss-reactive ketones (excluding diaryl/α,β-unsaturated/α-hetero) is 1. The van der Waals surface area contributed by atoms with Gasteiger partial charge in [-0.3, -0.25) is 14.9 Å². The van der Waals surface area contributed by atoms with Gasteiger partial charge in [-0.15, -0.1) is 0 Å². The highest BCUT2D eigenvalue weighted by Gasteiger charge is 2.10. The van der Waals surface area contributed by atoms with E-state index >= 15 is 0 Å². The first kappa shape index (κ1) is 14.0. The summed E-state index contributed by atoms with van der Waals surface area (Å²) in [5.41, 5.74) is 1.19. The summed E-state index contributed by atoms with van der Waals surface area (Å²) in [5, 5.41) is 5.45. The van der Waals surface area contributed by atoms with Crippen molar-refractivity contribution in [3.05, 3.63) is 54.0 Å². The van der Waals surface area contributed by atoms with Crippen molar-refractivity contribution in [3.8, 4) is 0 Å². The molecule has 0 unspecified atom stereocenters. The molecule has 20 heavy (non-hydrogen) atoms. The minimum Gasteiger partial charge on any atom is -0.459 e. The van der Waals surface area contributed by atoms with Crippen molar-refractivity contribution in [1.29, 1.82) is 0 Å². The smallest absolute Gasteiger partial charge is 0.293 e. The molecule has 102 valence electrons. The fourth-order valence-corrected chi connectivity index (χ4v) is 1.76. The highest BCUT2D eigenvalue weighted by Crippen LogP contribution is 2.11. The zero-order valence-electron chi connectivity index (χ0n) is 10.7. The van der Waals surface area contributed by atoms with Crippen molar-refractivity contribution in [2.24, 2.45) is 0 Å². The van der Waals surface area contributed by atoms with Crippen LogP contribution in [0.4, 0.5) is 5.69 Å². The van der Waals surface area contributed by atoms with Crippen LogP contribution < -0.4 is 10.6 Å². The fraction of sp³-hybridized carbons (Fsp3) is 0.0714. The minimum atomic E-state index is -0.435. The van der Waals surface area contributed by atoms with Gasteiger partial charge < -0.3 is 9.73 Å². The molecule has 0 aliphatic carbocycles. The summed E-state index contributed by atoms with van der Waals surface area (Å²) in [6.45, 7) is 1.48. The molecular formula is C14H12N2O3S. The Balaban J connectivity index is 1.99. The molecule has 1 aromatic heterocycles. The number of thiocarbonyl (C=S) groups is 1. The lowest BCUT2D eigenvalue weighted by Gasteiger charge is -2.09. The molecule has 0 radical (unpaired) electrons. The number of amides is 1. The molecule has 5 nitrogen and oxygen atoms in total. The molecule has 0 saturated heterocycles. The molecular weight excluding hydrogens is 276 g/mol. The molecule has 2 rings (SSSR count). The molecule has 0 aliphatic rings. The van der Waals surface area contributed by atoms with Gasteiger partial charge in [0.05, 0.1) is 6.26 Å². The van der Waals surface area contributed by atoms with Gasteiger partial charge in [-0.2, -0.15) is 0 Å². The van der Waals surface area contributed by atoms with Crippen LogP contribution in [0.2, 0.25) is 0 Å². The maximum absolute atomic E-state index is 11.7. The maximum atomic E-state index is 11.7. The van der Waals surface area contributed by atoms with Crippen LogP contribution in [0.1, 0.15) is 27.8 Å². The topological polar surface area (TPSA) is 71.3 Å². The van der Waals surface area contributed by atoms with Gasteiger partial charge in [0.2, 0.25) is 0 Å². The monoisotopic (exact) mass is 288 g/mol. The van der Waals surface area contributed by atoms with Crippen molar-refractivity contribution in [2.45, 2.75) is 6.92 Å². The number of hydrogen-bond donors (Lipinski definition) is 2. The fourth-order valence-electron chi connectivity index (χ4n) is 1.55. The highest BCUT2D eigenvalue weighted by atomic mass is 32.1. The zero-order chi connectivity index (χ0) is 14.5. The quantitative estimate of drug-likeness (QED) is 0.671. The number of carbonyl (C=O) groups is 2. The molecule has 0 fully saturated rings. The average molecular weight is 288 g/mol. The van der Waals surface area contributed by atoms with E-state index < -0.39 is 5.91 Å². The molecule has 0 saturated carbocycles. The molecule has 0 spiro atoms. The summed E-state index contributed by atoms with van der Waals surface area (Å²) in [5.74, 6) is -0.305. The minimum absolute atomic E-state index is 0.0424. The second kappa shape index (κ2) is 6.12. The molecule has 1 aromatic carbocycles. The van der Waals surface area contributed by atoms with Crippen molar-refractivity contribution in [1.82, 2.24) is 5.32 Å². The van der Waals surface area contributed by atoms with Crippen LogP contribution in [0, 0.1) is 0 Å². The summed E-state index contributed by atoms with van der Waals surface area (Å²) >= 11 is 5.03. The van der Waals surface area contributed by atoms with Crippen LogP contribution in [0.3, 0.4) is 0 Å². The van der Waals surface area contributed by atoms with Crippen LogP contribution in [-0.2, 0) is 0 Å². The predicted molar refractivity (Wildman–Crippen MR) is 78.8 cm³/mol. The third kappa shape index (κ3) is 3.52. The van der Waals surface area contributed by atoms with Gasteiger partial charge in [-0.05, 0) is 43.4 Å². The maximum Gasteiger partial charge on any atom is 0.293 e. The van der Waals surface area contributed by atoms with E-state index in [9.17, 15) is 9.59 Å². The van der Waals surface area contributed by atoms with E-state index in [1.54, 1.807) is 30.3 Å². The first-order valence-corrected chi connectivity index (χ1v) is 6.24. The Labute approximate surface area is 121 Å². The normalized spacial score (nSPS) is 9.85. The number of rotatable bonds is 3. The Hall–Kier alpha value is -2.47. The first-order chi connectivity index (χ1) is 9.56. The van der Waals surface area contributed by atoms with E-state index in [0.29, 0.717) is 11.3 Å². The third-order valence-electron chi connectivity index (χ3n) is 2.50. The number of benzene rings is 1. The number of nitrogens with one attached hydrogen (secondary N) is 2. The van der Waals surface area contributed by atoms with Crippen LogP contribution in [0.5, 0.6) is 0 Å². The summed E-state index contributed by atoms with van der Waals surface area (Å²) in [6.07, 6.45) is 1.40. The number of carbonyl (C=O) groups excluding carboxylic acids is 2. The Morgan fingerprint density at radius 3 is 2.65 bits per heavy atom. The Morgan fingerprint density at radius 2 is 2.00 bits per heavy atom. The summed E-state index contributed by atoms with van der Waals surface area (Å²) < 4.78 is 4.95. The molecule has 2 aromatic rings. The van der Waals surface area contributed by atoms with Gasteiger partial charge in [0.25, 0.3) is 5.91 Å². The molecule has 2 N–H and O–H groups in total. The van der Waals surface area contributed by atoms with Gasteiger partial charge in [-0.1, -0.05) is 12.1 Å². The number of furan rings is 1. The molecule has 1 amide bonds. The third-order valence-corrected chi connectivity index (χ3v) is 2.70. The van der Waals surface area contributed by atoms with Crippen LogP contribution in [-0.4, -0.2) is 16.8 Å². The van der Waals surface area contributed by atoms with Crippen molar-refractivity contribution in [3.63, 3.8) is 0 Å². The van der Waals surface area contributed by atoms with E-state index in [0.717, 1.165) is 0 Å². The van der Waals surface area contributed by atoms with E-state index in [4.69, 9.17) is 16.6 Å². The average Bonchev–Trinajstić information content (AvgIpc) is 2.92. The van der Waals surface area contributed by atoms with Gasteiger partial charge >= 0.3 is 0 Å². The van der Waals surface area contributed by atoms with E-state index in [-0.39, 0.29) is 16.7 Å². The zero-order valence-corrected chi connectivity index (χ0v) is 11.5. The molecule has 6 heteroatoms. The standard InChI is InChI=1S/C14H12N2O3S/c1-9(17)10-4-2-5-11(8-10)15-14(20)16-13(18)12-6-3-7-19-12/h2-8H,1H3,(H2,15,16,18,20). The van der Waals surface area contributed by atoms with Gasteiger partial charge in [-0.25, -0.2) is 0 Å². The largest absolute Gasteiger partial charge is 0.459 e. The molecule has 0 atom stereocenters. The van der Waals surface area contributed by atoms with E-state index in [2.05, 4.69) is 10.6 Å². The van der Waals surface area contributed by atoms with Gasteiger partial charge in [0.1, 0.15) is 0 Å². The molecule has 0 bridgehead atoms. The van der Waals surface area contributed by atoms with E-state index in [1.165, 1.54) is 19.3 Å². The molecule has 0 aliphatic heterocycles. The lowest BCUT2D eigenvalue weighted by Crippen LogP contribution is -2.33. The summed E-state index contributed by atoms with van der Waals surface area (Å²) in [7, 11) is 0. The van der Waals surface area contributed by atoms with E-state index in [1.807, 2.05) is 0 Å². The first-order valence-electron chi connectivity index (χ1n) is 5.83. The number of anilines is 1. The lowest BCUT2D eigenvalue weighted by molar-refractivity contribution is 0.0949. The van der Waals surface area contributed by atoms with Crippen LogP contribution in [0.25, 0.3) is 0 Å². The van der Waals surface area contributed by atoms with Gasteiger partial charge in [0, 0.05) is 11.3 Å². The number of ketones is 1. The van der Waals surface area contributed by atoms with Gasteiger partial charge in [0.15, 0.2) is 16.7 Å². The van der Waals surface area contributed by atoms with Crippen molar-refractivity contribution >= 4 is 34.7 Å². The van der Waals surface area contributed by atoms with Crippen molar-refractivity contribution in [2.75, 3.05) is 5.32 Å². The number of hydrogen-bond acceptors (Lipinski definition) is 4. The SMILES string of the molecule is CC(=O)c1cccc(NC(=S)NC(=O)c2ccco2)c1. The Kier molecular flexibility index (Phi) is 4.27. The second-order valence-electron chi connectivity index (χ2n) is 4.02.